The average molecular weight is 751 g/mol. The minimum atomic E-state index is -5.93. The van der Waals surface area contributed by atoms with Gasteiger partial charge in [0.2, 0.25) is 0 Å². The lowest BCUT2D eigenvalue weighted by molar-refractivity contribution is -0.389. The fourth-order valence-electron chi connectivity index (χ4n) is 9.19. The number of aliphatic hydroxyl groups is 2. The first-order valence-corrected chi connectivity index (χ1v) is 16.9. The van der Waals surface area contributed by atoms with Crippen LogP contribution in [0.1, 0.15) is 84.5 Å². The zero-order chi connectivity index (χ0) is 37.8. The van der Waals surface area contributed by atoms with Gasteiger partial charge in [-0.25, -0.2) is 0 Å². The van der Waals surface area contributed by atoms with Crippen LogP contribution in [0.3, 0.4) is 0 Å². The van der Waals surface area contributed by atoms with E-state index in [9.17, 15) is 72.5 Å². The third kappa shape index (κ3) is 7.57. The highest BCUT2D eigenvalue weighted by Crippen LogP contribution is 2.61. The van der Waals surface area contributed by atoms with E-state index < -0.39 is 114 Å². The Balaban J connectivity index is 1.22. The van der Waals surface area contributed by atoms with E-state index in [4.69, 9.17) is 9.47 Å². The predicted octanol–water partition coefficient (Wildman–Crippen LogP) is 8.08. The summed E-state index contributed by atoms with van der Waals surface area (Å²) in [5.41, 5.74) is -9.70. The number of alkyl halides is 12. The van der Waals surface area contributed by atoms with Crippen molar-refractivity contribution in [2.24, 2.45) is 53.3 Å². The molecule has 0 aromatic heterocycles. The minimum Gasteiger partial charge on any atom is -0.465 e. The van der Waals surface area contributed by atoms with Gasteiger partial charge >= 0.3 is 36.6 Å². The first-order chi connectivity index (χ1) is 22.8. The number of carbonyl (C=O) groups is 2. The van der Waals surface area contributed by atoms with Crippen LogP contribution in [0.5, 0.6) is 0 Å². The van der Waals surface area contributed by atoms with Gasteiger partial charge in [0.25, 0.3) is 11.2 Å². The zero-order valence-corrected chi connectivity index (χ0v) is 27.3. The molecule has 4 saturated carbocycles. The first kappa shape index (κ1) is 40.8. The summed E-state index contributed by atoms with van der Waals surface area (Å²) in [6.07, 6.45) is -25.0. The van der Waals surface area contributed by atoms with Crippen molar-refractivity contribution in [2.75, 3.05) is 6.61 Å². The molecule has 4 fully saturated rings. The molecule has 4 aliphatic rings. The summed E-state index contributed by atoms with van der Waals surface area (Å²) < 4.78 is 171. The van der Waals surface area contributed by atoms with Gasteiger partial charge in [-0.1, -0.05) is 20.3 Å². The van der Waals surface area contributed by atoms with Crippen LogP contribution >= 0.6 is 0 Å². The molecule has 0 aliphatic heterocycles. The fraction of sp³-hybridized carbons (Fsp3) is 0.938. The molecule has 0 radical (unpaired) electrons. The molecule has 290 valence electrons. The third-order valence-corrected chi connectivity index (χ3v) is 12.0. The van der Waals surface area contributed by atoms with Gasteiger partial charge in [-0.05, 0) is 99.7 Å². The van der Waals surface area contributed by atoms with E-state index >= 15 is 0 Å². The van der Waals surface area contributed by atoms with Crippen LogP contribution in [-0.4, -0.2) is 70.8 Å². The molecule has 4 rings (SSSR count). The second kappa shape index (κ2) is 14.1. The smallest absolute Gasteiger partial charge is 0.426 e. The standard InChI is InChI=1S/C32H42F12O6/c1-3-16(26(46)50-24-12-18-10-19(24)11-23(18)28(48,31(39,40)41)32(42,43)44)6-4-5-15(2)25(45)49-14-22-17-7-8-21(22)20(9-17)13-27(47,29(33,34)35)30(36,37)38/h15-24,47-48H,3-14H2,1-2H3. The quantitative estimate of drug-likeness (QED) is 0.146. The lowest BCUT2D eigenvalue weighted by Gasteiger charge is -2.41. The van der Waals surface area contributed by atoms with Crippen molar-refractivity contribution in [2.45, 2.75) is 126 Å². The van der Waals surface area contributed by atoms with Gasteiger partial charge in [0, 0.05) is 5.92 Å². The van der Waals surface area contributed by atoms with Gasteiger partial charge in [0.05, 0.1) is 18.4 Å². The van der Waals surface area contributed by atoms with Gasteiger partial charge in [0.15, 0.2) is 0 Å². The van der Waals surface area contributed by atoms with Gasteiger partial charge in [-0.15, -0.1) is 0 Å². The molecular formula is C32H42F12O6. The Morgan fingerprint density at radius 3 is 1.84 bits per heavy atom. The molecule has 10 atom stereocenters. The molecule has 6 nitrogen and oxygen atoms in total. The highest BCUT2D eigenvalue weighted by molar-refractivity contribution is 5.73. The van der Waals surface area contributed by atoms with E-state index in [0.29, 0.717) is 25.7 Å². The highest BCUT2D eigenvalue weighted by atomic mass is 19.4. The number of halogens is 12. The first-order valence-electron chi connectivity index (χ1n) is 16.9. The molecule has 0 amide bonds. The van der Waals surface area contributed by atoms with Crippen molar-refractivity contribution in [3.05, 3.63) is 0 Å². The Morgan fingerprint density at radius 2 is 1.34 bits per heavy atom. The second-order valence-corrected chi connectivity index (χ2v) is 14.9. The predicted molar refractivity (Wildman–Crippen MR) is 149 cm³/mol. The van der Waals surface area contributed by atoms with Gasteiger partial charge < -0.3 is 19.7 Å². The molecule has 0 spiro atoms. The SMILES string of the molecule is CCC(CCCC(C)C(=O)OCC1C2CCC1C(CC(O)(C(F)(F)F)C(F)(F)F)C2)C(=O)OC1CC2CC1CC2C(O)(C(F)(F)F)C(F)(F)F. The van der Waals surface area contributed by atoms with Crippen LogP contribution in [0.25, 0.3) is 0 Å². The molecule has 2 N–H and O–H groups in total. The molecule has 0 heterocycles. The molecule has 0 saturated heterocycles. The topological polar surface area (TPSA) is 93.1 Å². The van der Waals surface area contributed by atoms with E-state index in [1.54, 1.807) is 13.8 Å². The number of carbonyl (C=O) groups excluding carboxylic acids is 2. The van der Waals surface area contributed by atoms with Crippen molar-refractivity contribution >= 4 is 11.9 Å². The molecular weight excluding hydrogens is 708 g/mol. The Hall–Kier alpha value is -1.98. The maximum absolute atomic E-state index is 13.4. The highest BCUT2D eigenvalue weighted by Gasteiger charge is 2.77. The van der Waals surface area contributed by atoms with Crippen LogP contribution in [0.2, 0.25) is 0 Å². The average Bonchev–Trinajstić information content (AvgIpc) is 3.75. The van der Waals surface area contributed by atoms with Crippen LogP contribution in [0.4, 0.5) is 52.7 Å². The summed E-state index contributed by atoms with van der Waals surface area (Å²) in [5, 5.41) is 19.5. The maximum atomic E-state index is 13.4. The number of fused-ring (bicyclic) bond motifs is 4. The van der Waals surface area contributed by atoms with Gasteiger partial charge in [0.1, 0.15) is 6.10 Å². The van der Waals surface area contributed by atoms with Crippen molar-refractivity contribution in [1.82, 2.24) is 0 Å². The van der Waals surface area contributed by atoms with Crippen molar-refractivity contribution in [3.8, 4) is 0 Å². The van der Waals surface area contributed by atoms with Crippen LogP contribution in [0.15, 0.2) is 0 Å². The summed E-state index contributed by atoms with van der Waals surface area (Å²) in [6.45, 7) is 3.04. The lowest BCUT2D eigenvalue weighted by Crippen LogP contribution is -2.63. The zero-order valence-electron chi connectivity index (χ0n) is 27.3. The van der Waals surface area contributed by atoms with E-state index in [0.717, 1.165) is 0 Å². The Kier molecular flexibility index (Phi) is 11.5. The van der Waals surface area contributed by atoms with E-state index in [1.165, 1.54) is 0 Å². The van der Waals surface area contributed by atoms with Gasteiger partial charge in [-0.2, -0.15) is 52.7 Å². The van der Waals surface area contributed by atoms with Crippen LogP contribution < -0.4 is 0 Å². The maximum Gasteiger partial charge on any atom is 0.426 e. The molecule has 0 aromatic carbocycles. The third-order valence-electron chi connectivity index (χ3n) is 12.0. The van der Waals surface area contributed by atoms with Crippen LogP contribution in [0, 0.1) is 53.3 Å². The Bertz CT molecular complexity index is 1190. The molecule has 50 heavy (non-hydrogen) atoms. The number of ether oxygens (including phenoxy) is 2. The summed E-state index contributed by atoms with van der Waals surface area (Å²) in [6, 6.07) is 0. The molecule has 0 aromatic rings. The van der Waals surface area contributed by atoms with E-state index in [1.807, 2.05) is 0 Å². The van der Waals surface area contributed by atoms with Crippen molar-refractivity contribution < 1.29 is 82.0 Å². The Morgan fingerprint density at radius 1 is 0.740 bits per heavy atom. The Labute approximate surface area is 280 Å². The van der Waals surface area contributed by atoms with Crippen molar-refractivity contribution in [1.29, 1.82) is 0 Å². The number of esters is 2. The summed E-state index contributed by atoms with van der Waals surface area (Å²) in [7, 11) is 0. The van der Waals surface area contributed by atoms with Crippen LogP contribution in [-0.2, 0) is 19.1 Å². The lowest BCUT2D eigenvalue weighted by atomic mass is 9.74. The summed E-state index contributed by atoms with van der Waals surface area (Å²) in [5.74, 6) is -9.04. The fourth-order valence-corrected chi connectivity index (χ4v) is 9.19. The van der Waals surface area contributed by atoms with E-state index in [2.05, 4.69) is 0 Å². The minimum absolute atomic E-state index is 0.0393. The van der Waals surface area contributed by atoms with Crippen molar-refractivity contribution in [3.63, 3.8) is 0 Å². The summed E-state index contributed by atoms with van der Waals surface area (Å²) >= 11 is 0. The number of hydrogen-bond acceptors (Lipinski definition) is 6. The van der Waals surface area contributed by atoms with Gasteiger partial charge in [-0.3, -0.25) is 9.59 Å². The largest absolute Gasteiger partial charge is 0.465 e. The number of rotatable bonds is 13. The normalized spacial score (nSPS) is 31.6. The summed E-state index contributed by atoms with van der Waals surface area (Å²) in [4.78, 5) is 25.6. The monoisotopic (exact) mass is 750 g/mol. The molecule has 4 bridgehead atoms. The molecule has 10 unspecified atom stereocenters. The molecule has 18 heteroatoms. The number of hydrogen-bond donors (Lipinski definition) is 2. The second-order valence-electron chi connectivity index (χ2n) is 14.9. The van der Waals surface area contributed by atoms with E-state index in [-0.39, 0.29) is 44.6 Å². The molecule has 4 aliphatic carbocycles.